The Morgan fingerprint density at radius 1 is 1.25 bits per heavy atom. The van der Waals surface area contributed by atoms with Crippen molar-refractivity contribution < 1.29 is 13.2 Å². The van der Waals surface area contributed by atoms with E-state index in [-0.39, 0.29) is 10.6 Å². The molecule has 1 aliphatic heterocycles. The lowest BCUT2D eigenvalue weighted by Crippen LogP contribution is -2.35. The molecule has 0 aromatic heterocycles. The van der Waals surface area contributed by atoms with E-state index in [9.17, 15) is 13.2 Å². The minimum Gasteiger partial charge on any atom is -0.271 e. The third-order valence-electron chi connectivity index (χ3n) is 2.34. The molecular formula is C10H10N2O3S. The van der Waals surface area contributed by atoms with Crippen LogP contribution in [-0.4, -0.2) is 25.3 Å². The zero-order valence-electron chi connectivity index (χ0n) is 8.54. The molecule has 1 heterocycles. The maximum Gasteiger partial charge on any atom is 0.264 e. The number of hydrazone groups is 1. The van der Waals surface area contributed by atoms with E-state index >= 15 is 0 Å². The van der Waals surface area contributed by atoms with Crippen LogP contribution in [0, 0.1) is 0 Å². The Morgan fingerprint density at radius 3 is 2.38 bits per heavy atom. The number of carbonyl (C=O) groups excluding carboxylic acids is 1. The van der Waals surface area contributed by atoms with Crippen LogP contribution in [-0.2, 0) is 14.6 Å². The molecule has 0 spiro atoms. The third-order valence-corrected chi connectivity index (χ3v) is 4.45. The van der Waals surface area contributed by atoms with Gasteiger partial charge in [0, 0.05) is 0 Å². The first kappa shape index (κ1) is 10.8. The summed E-state index contributed by atoms with van der Waals surface area (Å²) in [5.74, 6) is -0.596. The Labute approximate surface area is 93.1 Å². The summed E-state index contributed by atoms with van der Waals surface area (Å²) >= 11 is 0. The molecule has 6 heteroatoms. The maximum atomic E-state index is 12.1. The average Bonchev–Trinajstić information content (AvgIpc) is 2.60. The SMILES string of the molecule is CC1=NNC(=O)C1S(=O)(=O)c1ccccc1. The molecule has 1 unspecified atom stereocenters. The number of carbonyl (C=O) groups is 1. The van der Waals surface area contributed by atoms with Crippen LogP contribution in [0.15, 0.2) is 40.3 Å². The summed E-state index contributed by atoms with van der Waals surface area (Å²) in [6.07, 6.45) is 0. The Kier molecular flexibility index (Phi) is 2.51. The van der Waals surface area contributed by atoms with E-state index in [2.05, 4.69) is 10.5 Å². The van der Waals surface area contributed by atoms with Crippen molar-refractivity contribution in [1.29, 1.82) is 0 Å². The number of hydrogen-bond acceptors (Lipinski definition) is 4. The molecule has 1 aromatic carbocycles. The molecular weight excluding hydrogens is 228 g/mol. The number of hydrogen-bond donors (Lipinski definition) is 1. The molecule has 84 valence electrons. The molecule has 2 rings (SSSR count). The van der Waals surface area contributed by atoms with Crippen LogP contribution in [0.4, 0.5) is 0 Å². The zero-order chi connectivity index (χ0) is 11.8. The minimum atomic E-state index is -3.68. The predicted molar refractivity (Wildman–Crippen MR) is 58.7 cm³/mol. The number of benzene rings is 1. The van der Waals surface area contributed by atoms with E-state index in [1.807, 2.05) is 0 Å². The molecule has 1 N–H and O–H groups in total. The lowest BCUT2D eigenvalue weighted by atomic mass is 10.3. The van der Waals surface area contributed by atoms with Crippen LogP contribution in [0.3, 0.4) is 0 Å². The van der Waals surface area contributed by atoms with Crippen LogP contribution in [0.25, 0.3) is 0 Å². The van der Waals surface area contributed by atoms with Crippen molar-refractivity contribution in [2.24, 2.45) is 5.10 Å². The number of rotatable bonds is 2. The van der Waals surface area contributed by atoms with Gasteiger partial charge in [-0.1, -0.05) is 18.2 Å². The highest BCUT2D eigenvalue weighted by molar-refractivity contribution is 7.93. The lowest BCUT2D eigenvalue weighted by molar-refractivity contribution is -0.118. The third kappa shape index (κ3) is 1.61. The highest BCUT2D eigenvalue weighted by Crippen LogP contribution is 2.19. The second kappa shape index (κ2) is 3.71. The zero-order valence-corrected chi connectivity index (χ0v) is 9.36. The van der Waals surface area contributed by atoms with Gasteiger partial charge in [0.2, 0.25) is 0 Å². The Bertz CT molecular complexity index is 549. The largest absolute Gasteiger partial charge is 0.271 e. The Balaban J connectivity index is 2.49. The van der Waals surface area contributed by atoms with E-state index in [4.69, 9.17) is 0 Å². The van der Waals surface area contributed by atoms with Gasteiger partial charge < -0.3 is 0 Å². The van der Waals surface area contributed by atoms with E-state index in [0.29, 0.717) is 0 Å². The van der Waals surface area contributed by atoms with Crippen molar-refractivity contribution in [3.05, 3.63) is 30.3 Å². The second-order valence-electron chi connectivity index (χ2n) is 3.47. The summed E-state index contributed by atoms with van der Waals surface area (Å²) < 4.78 is 24.2. The second-order valence-corrected chi connectivity index (χ2v) is 5.50. The maximum absolute atomic E-state index is 12.1. The number of sulfone groups is 1. The molecule has 1 amide bonds. The molecule has 0 saturated carbocycles. The monoisotopic (exact) mass is 238 g/mol. The molecule has 0 bridgehead atoms. The highest BCUT2D eigenvalue weighted by atomic mass is 32.2. The first-order valence-electron chi connectivity index (χ1n) is 4.66. The molecule has 5 nitrogen and oxygen atoms in total. The highest BCUT2D eigenvalue weighted by Gasteiger charge is 2.39. The van der Waals surface area contributed by atoms with Gasteiger partial charge in [-0.2, -0.15) is 5.10 Å². The summed E-state index contributed by atoms with van der Waals surface area (Å²) in [5, 5.41) is 2.43. The molecule has 1 atom stereocenters. The van der Waals surface area contributed by atoms with Crippen molar-refractivity contribution in [2.45, 2.75) is 17.1 Å². The van der Waals surface area contributed by atoms with Crippen molar-refractivity contribution in [3.8, 4) is 0 Å². The molecule has 0 saturated heterocycles. The first-order valence-corrected chi connectivity index (χ1v) is 6.21. The predicted octanol–water partition coefficient (Wildman–Crippen LogP) is 0.335. The average molecular weight is 238 g/mol. The Morgan fingerprint density at radius 2 is 1.88 bits per heavy atom. The quantitative estimate of drug-likeness (QED) is 0.807. The van der Waals surface area contributed by atoms with Gasteiger partial charge in [0.1, 0.15) is 0 Å². The summed E-state index contributed by atoms with van der Waals surface area (Å²) in [4.78, 5) is 11.5. The molecule has 0 radical (unpaired) electrons. The lowest BCUT2D eigenvalue weighted by Gasteiger charge is -2.09. The van der Waals surface area contributed by atoms with Gasteiger partial charge in [0.25, 0.3) is 5.91 Å². The van der Waals surface area contributed by atoms with Crippen LogP contribution in [0.1, 0.15) is 6.92 Å². The molecule has 1 aromatic rings. The Hall–Kier alpha value is -1.69. The molecule has 0 aliphatic carbocycles. The topological polar surface area (TPSA) is 75.6 Å². The van der Waals surface area contributed by atoms with Crippen molar-refractivity contribution >= 4 is 21.5 Å². The van der Waals surface area contributed by atoms with Crippen molar-refractivity contribution in [1.82, 2.24) is 5.43 Å². The minimum absolute atomic E-state index is 0.131. The molecule has 1 aliphatic rings. The fourth-order valence-electron chi connectivity index (χ4n) is 1.56. The van der Waals surface area contributed by atoms with Gasteiger partial charge >= 0.3 is 0 Å². The normalized spacial score (nSPS) is 20.4. The van der Waals surface area contributed by atoms with Gasteiger partial charge in [0.05, 0.1) is 10.6 Å². The van der Waals surface area contributed by atoms with Crippen LogP contribution < -0.4 is 5.43 Å². The van der Waals surface area contributed by atoms with Crippen molar-refractivity contribution in [3.63, 3.8) is 0 Å². The summed E-state index contributed by atoms with van der Waals surface area (Å²) in [5.41, 5.74) is 2.44. The van der Waals surface area contributed by atoms with E-state index in [1.165, 1.54) is 19.1 Å². The van der Waals surface area contributed by atoms with Crippen LogP contribution >= 0.6 is 0 Å². The summed E-state index contributed by atoms with van der Waals surface area (Å²) in [7, 11) is -3.68. The van der Waals surface area contributed by atoms with E-state index in [1.54, 1.807) is 18.2 Å². The fraction of sp³-hybridized carbons (Fsp3) is 0.200. The van der Waals surface area contributed by atoms with Gasteiger partial charge in [-0.25, -0.2) is 13.8 Å². The standard InChI is InChI=1S/C10H10N2O3S/c1-7-9(10(13)12-11-7)16(14,15)8-5-3-2-4-6-8/h2-6,9H,1H3,(H,12,13). The van der Waals surface area contributed by atoms with Gasteiger partial charge in [-0.05, 0) is 19.1 Å². The van der Waals surface area contributed by atoms with E-state index < -0.39 is 21.0 Å². The van der Waals surface area contributed by atoms with Crippen LogP contribution in [0.2, 0.25) is 0 Å². The molecule has 16 heavy (non-hydrogen) atoms. The molecule has 0 fully saturated rings. The van der Waals surface area contributed by atoms with Gasteiger partial charge in [-0.3, -0.25) is 4.79 Å². The first-order chi connectivity index (χ1) is 7.53. The van der Waals surface area contributed by atoms with Crippen LogP contribution in [0.5, 0.6) is 0 Å². The fourth-order valence-corrected chi connectivity index (χ4v) is 3.21. The van der Waals surface area contributed by atoms with Gasteiger partial charge in [-0.15, -0.1) is 0 Å². The number of amides is 1. The van der Waals surface area contributed by atoms with Gasteiger partial charge in [0.15, 0.2) is 15.1 Å². The summed E-state index contributed by atoms with van der Waals surface area (Å²) in [6.45, 7) is 1.52. The van der Waals surface area contributed by atoms with E-state index in [0.717, 1.165) is 0 Å². The number of nitrogens with one attached hydrogen (secondary N) is 1. The van der Waals surface area contributed by atoms with Crippen molar-refractivity contribution in [2.75, 3.05) is 0 Å². The number of nitrogens with zero attached hydrogens (tertiary/aromatic N) is 1. The summed E-state index contributed by atoms with van der Waals surface area (Å²) in [6, 6.07) is 7.88. The smallest absolute Gasteiger partial charge is 0.264 e.